The predicted molar refractivity (Wildman–Crippen MR) is 64.3 cm³/mol. The minimum absolute atomic E-state index is 0.0188. The zero-order valence-electron chi connectivity index (χ0n) is 9.84. The molecule has 0 aromatic heterocycles. The minimum atomic E-state index is -0.796. The maximum absolute atomic E-state index is 11.4. The molecule has 0 spiro atoms. The van der Waals surface area contributed by atoms with E-state index in [2.05, 4.69) is 17.6 Å². The van der Waals surface area contributed by atoms with Crippen molar-refractivity contribution in [3.63, 3.8) is 0 Å². The van der Waals surface area contributed by atoms with Crippen LogP contribution in [0.5, 0.6) is 0 Å². The van der Waals surface area contributed by atoms with E-state index in [9.17, 15) is 9.00 Å². The summed E-state index contributed by atoms with van der Waals surface area (Å²) in [4.78, 5) is 11.4. The molecule has 0 fully saturated rings. The molecule has 2 atom stereocenters. The van der Waals surface area contributed by atoms with Gasteiger partial charge in [-0.2, -0.15) is 0 Å². The third-order valence-electron chi connectivity index (χ3n) is 2.06. The number of carbonyl (C=O) groups is 1. The second kappa shape index (κ2) is 8.85. The average molecular weight is 234 g/mol. The Morgan fingerprint density at radius 3 is 2.60 bits per heavy atom. The fourth-order valence-corrected chi connectivity index (χ4v) is 1.46. The molecule has 0 aliphatic rings. The lowest BCUT2D eigenvalue weighted by Gasteiger charge is -2.13. The lowest BCUT2D eigenvalue weighted by molar-refractivity contribution is -0.122. The van der Waals surface area contributed by atoms with Crippen molar-refractivity contribution < 1.29 is 9.00 Å². The summed E-state index contributed by atoms with van der Waals surface area (Å²) in [6.45, 7) is 5.26. The Morgan fingerprint density at radius 1 is 1.40 bits per heavy atom. The van der Waals surface area contributed by atoms with E-state index in [4.69, 9.17) is 0 Å². The van der Waals surface area contributed by atoms with Gasteiger partial charge < -0.3 is 10.6 Å². The lowest BCUT2D eigenvalue weighted by Crippen LogP contribution is -2.43. The second-order valence-corrected chi connectivity index (χ2v) is 5.15. The van der Waals surface area contributed by atoms with Crippen LogP contribution in [0.3, 0.4) is 0 Å². The van der Waals surface area contributed by atoms with Gasteiger partial charge in [-0.1, -0.05) is 13.3 Å². The number of hydrogen-bond donors (Lipinski definition) is 2. The Balaban J connectivity index is 3.55. The molecule has 0 radical (unpaired) electrons. The van der Waals surface area contributed by atoms with Gasteiger partial charge in [0.1, 0.15) is 0 Å². The highest BCUT2D eigenvalue weighted by molar-refractivity contribution is 7.84. The fraction of sp³-hybridized carbons (Fsp3) is 0.900. The van der Waals surface area contributed by atoms with Crippen molar-refractivity contribution in [2.75, 3.05) is 25.1 Å². The molecule has 0 saturated carbocycles. The van der Waals surface area contributed by atoms with Crippen molar-refractivity contribution in [1.29, 1.82) is 0 Å². The molecule has 2 unspecified atom stereocenters. The van der Waals surface area contributed by atoms with Crippen molar-refractivity contribution in [2.45, 2.75) is 32.7 Å². The van der Waals surface area contributed by atoms with E-state index in [0.29, 0.717) is 12.3 Å². The van der Waals surface area contributed by atoms with Gasteiger partial charge in [0.15, 0.2) is 0 Å². The number of unbranched alkanes of at least 4 members (excludes halogenated alkanes) is 1. The molecule has 0 rings (SSSR count). The van der Waals surface area contributed by atoms with Gasteiger partial charge in [-0.05, 0) is 13.3 Å². The van der Waals surface area contributed by atoms with Crippen LogP contribution in [-0.2, 0) is 15.6 Å². The summed E-state index contributed by atoms with van der Waals surface area (Å²) in [7, 11) is -0.796. The molecule has 0 aliphatic carbocycles. The first-order valence-electron chi connectivity index (χ1n) is 5.39. The lowest BCUT2D eigenvalue weighted by atomic mass is 10.3. The average Bonchev–Trinajstić information content (AvgIpc) is 2.17. The summed E-state index contributed by atoms with van der Waals surface area (Å²) in [6, 6.07) is -0.203. The zero-order valence-corrected chi connectivity index (χ0v) is 10.7. The van der Waals surface area contributed by atoms with Crippen molar-refractivity contribution >= 4 is 16.7 Å². The summed E-state index contributed by atoms with van der Waals surface area (Å²) in [5.74, 6) is 0.609. The largest absolute Gasteiger partial charge is 0.355 e. The van der Waals surface area contributed by atoms with E-state index in [1.54, 1.807) is 6.26 Å². The number of nitrogens with one attached hydrogen (secondary N) is 2. The van der Waals surface area contributed by atoms with E-state index in [0.717, 1.165) is 19.4 Å². The molecule has 1 amide bonds. The first kappa shape index (κ1) is 14.6. The Labute approximate surface area is 94.7 Å². The Hall–Kier alpha value is -0.420. The molecule has 2 N–H and O–H groups in total. The molecule has 15 heavy (non-hydrogen) atoms. The van der Waals surface area contributed by atoms with Crippen LogP contribution in [0, 0.1) is 0 Å². The minimum Gasteiger partial charge on any atom is -0.355 e. The number of hydrogen-bond acceptors (Lipinski definition) is 3. The van der Waals surface area contributed by atoms with Crippen LogP contribution >= 0.6 is 0 Å². The van der Waals surface area contributed by atoms with Gasteiger partial charge >= 0.3 is 0 Å². The van der Waals surface area contributed by atoms with Gasteiger partial charge in [0.2, 0.25) is 5.91 Å². The smallest absolute Gasteiger partial charge is 0.236 e. The van der Waals surface area contributed by atoms with Crippen LogP contribution in [0.25, 0.3) is 0 Å². The fourth-order valence-electron chi connectivity index (χ4n) is 1.05. The second-order valence-electron chi connectivity index (χ2n) is 3.60. The molecule has 90 valence electrons. The summed E-state index contributed by atoms with van der Waals surface area (Å²) < 4.78 is 10.8. The van der Waals surface area contributed by atoms with Crippen molar-refractivity contribution in [3.05, 3.63) is 0 Å². The quantitative estimate of drug-likeness (QED) is 0.592. The van der Waals surface area contributed by atoms with Crippen molar-refractivity contribution in [2.24, 2.45) is 0 Å². The van der Waals surface area contributed by atoms with Crippen LogP contribution < -0.4 is 10.6 Å². The zero-order chi connectivity index (χ0) is 11.7. The molecule has 0 heterocycles. The standard InChI is InChI=1S/C10H22N2O2S/c1-4-5-6-12-10(13)9(2)11-7-8-15(3)14/h9,11H,4-8H2,1-3H3,(H,12,13). The summed E-state index contributed by atoms with van der Waals surface area (Å²) in [5, 5.41) is 5.88. The molecule has 0 aromatic carbocycles. The summed E-state index contributed by atoms with van der Waals surface area (Å²) >= 11 is 0. The molecule has 0 bridgehead atoms. The van der Waals surface area contributed by atoms with Crippen molar-refractivity contribution in [1.82, 2.24) is 10.6 Å². The van der Waals surface area contributed by atoms with Gasteiger partial charge in [-0.15, -0.1) is 0 Å². The molecule has 0 aromatic rings. The van der Waals surface area contributed by atoms with E-state index < -0.39 is 10.8 Å². The first-order chi connectivity index (χ1) is 7.07. The normalized spacial score (nSPS) is 14.6. The number of amides is 1. The monoisotopic (exact) mass is 234 g/mol. The summed E-state index contributed by atoms with van der Waals surface area (Å²) in [6.07, 6.45) is 3.75. The molecular formula is C10H22N2O2S. The van der Waals surface area contributed by atoms with Gasteiger partial charge in [-0.25, -0.2) is 0 Å². The van der Waals surface area contributed by atoms with E-state index >= 15 is 0 Å². The third kappa shape index (κ3) is 8.57. The Morgan fingerprint density at radius 2 is 2.07 bits per heavy atom. The molecule has 0 aliphatic heterocycles. The maximum Gasteiger partial charge on any atom is 0.236 e. The SMILES string of the molecule is CCCCNC(=O)C(C)NCCS(C)=O. The molecule has 5 heteroatoms. The van der Waals surface area contributed by atoms with Gasteiger partial charge in [0.05, 0.1) is 6.04 Å². The van der Waals surface area contributed by atoms with Crippen LogP contribution in [0.2, 0.25) is 0 Å². The highest BCUT2D eigenvalue weighted by Gasteiger charge is 2.10. The maximum atomic E-state index is 11.4. The molecular weight excluding hydrogens is 212 g/mol. The Kier molecular flexibility index (Phi) is 8.61. The van der Waals surface area contributed by atoms with E-state index in [-0.39, 0.29) is 11.9 Å². The van der Waals surface area contributed by atoms with Crippen LogP contribution in [0.15, 0.2) is 0 Å². The van der Waals surface area contributed by atoms with Gasteiger partial charge in [-0.3, -0.25) is 9.00 Å². The van der Waals surface area contributed by atoms with E-state index in [1.807, 2.05) is 6.92 Å². The first-order valence-corrected chi connectivity index (χ1v) is 7.11. The topological polar surface area (TPSA) is 58.2 Å². The third-order valence-corrected chi connectivity index (χ3v) is 2.84. The van der Waals surface area contributed by atoms with Crippen LogP contribution in [0.4, 0.5) is 0 Å². The Bertz CT molecular complexity index is 210. The number of rotatable bonds is 8. The summed E-state index contributed by atoms with van der Waals surface area (Å²) in [5.41, 5.74) is 0. The van der Waals surface area contributed by atoms with Crippen LogP contribution in [-0.4, -0.2) is 41.3 Å². The van der Waals surface area contributed by atoms with Gasteiger partial charge in [0, 0.05) is 35.9 Å². The highest BCUT2D eigenvalue weighted by Crippen LogP contribution is 1.86. The number of carbonyl (C=O) groups excluding carboxylic acids is 1. The molecule has 4 nitrogen and oxygen atoms in total. The van der Waals surface area contributed by atoms with Crippen LogP contribution in [0.1, 0.15) is 26.7 Å². The van der Waals surface area contributed by atoms with Gasteiger partial charge in [0.25, 0.3) is 0 Å². The predicted octanol–water partition coefficient (Wildman–Crippen LogP) is 0.259. The molecule has 0 saturated heterocycles. The van der Waals surface area contributed by atoms with Crippen molar-refractivity contribution in [3.8, 4) is 0 Å². The highest BCUT2D eigenvalue weighted by atomic mass is 32.2. The van der Waals surface area contributed by atoms with E-state index in [1.165, 1.54) is 0 Å².